The Morgan fingerprint density at radius 2 is 2.08 bits per heavy atom. The standard InChI is InChI=1S/C17H22N2O5/c1-11-9-13(7-8-18(11)16(21)24-17(2,3)4)12-5-6-14(19(22)23)15(20)10-12/h5-7,10-11,20H,8-9H2,1-4H3. The number of rotatable bonds is 2. The summed E-state index contributed by atoms with van der Waals surface area (Å²) < 4.78 is 5.39. The lowest BCUT2D eigenvalue weighted by molar-refractivity contribution is -0.385. The molecular weight excluding hydrogens is 312 g/mol. The number of benzene rings is 1. The molecule has 0 saturated heterocycles. The SMILES string of the molecule is CC1CC(c2ccc([N+](=O)[O-])c(O)c2)=CCN1C(=O)OC(C)(C)C. The molecule has 1 heterocycles. The van der Waals surface area contributed by atoms with E-state index in [-0.39, 0.29) is 23.6 Å². The van der Waals surface area contributed by atoms with E-state index in [1.807, 2.05) is 33.8 Å². The Morgan fingerprint density at radius 1 is 1.42 bits per heavy atom. The van der Waals surface area contributed by atoms with E-state index in [9.17, 15) is 20.0 Å². The van der Waals surface area contributed by atoms with Crippen LogP contribution in [0.25, 0.3) is 5.57 Å². The monoisotopic (exact) mass is 334 g/mol. The van der Waals surface area contributed by atoms with Crippen molar-refractivity contribution in [2.45, 2.75) is 45.8 Å². The van der Waals surface area contributed by atoms with Crippen molar-refractivity contribution in [1.82, 2.24) is 4.90 Å². The highest BCUT2D eigenvalue weighted by Crippen LogP contribution is 2.33. The quantitative estimate of drug-likeness (QED) is 0.657. The Morgan fingerprint density at radius 3 is 2.58 bits per heavy atom. The van der Waals surface area contributed by atoms with Crippen LogP contribution in [0.15, 0.2) is 24.3 Å². The molecule has 7 nitrogen and oxygen atoms in total. The Balaban J connectivity index is 2.17. The molecule has 1 aliphatic heterocycles. The van der Waals surface area contributed by atoms with Gasteiger partial charge in [0.25, 0.3) is 0 Å². The first-order valence-corrected chi connectivity index (χ1v) is 7.75. The molecule has 7 heteroatoms. The molecule has 0 bridgehead atoms. The summed E-state index contributed by atoms with van der Waals surface area (Å²) in [6.45, 7) is 7.77. The van der Waals surface area contributed by atoms with Crippen LogP contribution in [0.2, 0.25) is 0 Å². The molecule has 1 aromatic carbocycles. The van der Waals surface area contributed by atoms with Gasteiger partial charge < -0.3 is 14.7 Å². The van der Waals surface area contributed by atoms with Crippen LogP contribution in [0.1, 0.15) is 39.7 Å². The van der Waals surface area contributed by atoms with Crippen molar-refractivity contribution in [1.29, 1.82) is 0 Å². The summed E-state index contributed by atoms with van der Waals surface area (Å²) in [6.07, 6.45) is 2.10. The van der Waals surface area contributed by atoms with Crippen LogP contribution in [-0.4, -0.2) is 39.2 Å². The van der Waals surface area contributed by atoms with Gasteiger partial charge in [0.15, 0.2) is 5.75 Å². The Labute approximate surface area is 140 Å². The van der Waals surface area contributed by atoms with Crippen LogP contribution < -0.4 is 0 Å². The molecule has 2 rings (SSSR count). The van der Waals surface area contributed by atoms with Crippen LogP contribution >= 0.6 is 0 Å². The van der Waals surface area contributed by atoms with Crippen molar-refractivity contribution >= 4 is 17.4 Å². The van der Waals surface area contributed by atoms with Gasteiger partial charge in [-0.15, -0.1) is 0 Å². The van der Waals surface area contributed by atoms with E-state index in [2.05, 4.69) is 0 Å². The van der Waals surface area contributed by atoms with Crippen molar-refractivity contribution in [3.05, 3.63) is 40.0 Å². The number of phenolic OH excluding ortho intramolecular Hbond substituents is 1. The topological polar surface area (TPSA) is 92.9 Å². The summed E-state index contributed by atoms with van der Waals surface area (Å²) in [5, 5.41) is 20.5. The minimum Gasteiger partial charge on any atom is -0.502 e. The summed E-state index contributed by atoms with van der Waals surface area (Å²) in [6, 6.07) is 4.22. The minimum absolute atomic E-state index is 0.0721. The van der Waals surface area contributed by atoms with E-state index in [4.69, 9.17) is 4.74 Å². The van der Waals surface area contributed by atoms with Gasteiger partial charge in [0.2, 0.25) is 0 Å². The number of nitrogens with zero attached hydrogens (tertiary/aromatic N) is 2. The second-order valence-electron chi connectivity index (χ2n) is 6.88. The number of phenols is 1. The third-order valence-electron chi connectivity index (χ3n) is 3.75. The van der Waals surface area contributed by atoms with Crippen LogP contribution in [0.3, 0.4) is 0 Å². The molecular formula is C17H22N2O5. The summed E-state index contributed by atoms with van der Waals surface area (Å²) in [5.41, 5.74) is 0.783. The number of hydrogen-bond acceptors (Lipinski definition) is 5. The predicted molar refractivity (Wildman–Crippen MR) is 89.8 cm³/mol. The highest BCUT2D eigenvalue weighted by atomic mass is 16.6. The highest BCUT2D eigenvalue weighted by molar-refractivity contribution is 5.74. The van der Waals surface area contributed by atoms with Crippen LogP contribution in [0, 0.1) is 10.1 Å². The van der Waals surface area contributed by atoms with Gasteiger partial charge in [-0.2, -0.15) is 0 Å². The maximum absolute atomic E-state index is 12.2. The van der Waals surface area contributed by atoms with Crippen LogP contribution in [0.5, 0.6) is 5.75 Å². The van der Waals surface area contributed by atoms with Gasteiger partial charge >= 0.3 is 11.8 Å². The zero-order valence-electron chi connectivity index (χ0n) is 14.3. The highest BCUT2D eigenvalue weighted by Gasteiger charge is 2.29. The van der Waals surface area contributed by atoms with Gasteiger partial charge in [-0.05, 0) is 57.4 Å². The number of carbonyl (C=O) groups is 1. The average Bonchev–Trinajstić information content (AvgIpc) is 2.44. The van der Waals surface area contributed by atoms with Gasteiger partial charge in [0, 0.05) is 18.7 Å². The number of aromatic hydroxyl groups is 1. The number of ether oxygens (including phenoxy) is 1. The third kappa shape index (κ3) is 4.04. The molecule has 1 N–H and O–H groups in total. The Bertz CT molecular complexity index is 691. The fourth-order valence-corrected chi connectivity index (χ4v) is 2.59. The van der Waals surface area contributed by atoms with E-state index >= 15 is 0 Å². The first-order chi connectivity index (χ1) is 11.1. The fourth-order valence-electron chi connectivity index (χ4n) is 2.59. The summed E-state index contributed by atoms with van der Waals surface area (Å²) in [7, 11) is 0. The van der Waals surface area contributed by atoms with Gasteiger partial charge in [0.05, 0.1) is 4.92 Å². The van der Waals surface area contributed by atoms with Crippen molar-refractivity contribution < 1.29 is 19.6 Å². The molecule has 0 saturated carbocycles. The first kappa shape index (κ1) is 17.8. The number of nitro benzene ring substituents is 1. The fraction of sp³-hybridized carbons (Fsp3) is 0.471. The summed E-state index contributed by atoms with van der Waals surface area (Å²) in [4.78, 5) is 24.0. The largest absolute Gasteiger partial charge is 0.502 e. The van der Waals surface area contributed by atoms with Gasteiger partial charge in [0.1, 0.15) is 5.60 Å². The van der Waals surface area contributed by atoms with Crippen molar-refractivity contribution in [3.8, 4) is 5.75 Å². The molecule has 0 aromatic heterocycles. The van der Waals surface area contributed by atoms with Crippen LogP contribution in [-0.2, 0) is 4.74 Å². The lowest BCUT2D eigenvalue weighted by atomic mass is 9.94. The maximum Gasteiger partial charge on any atom is 0.410 e. The average molecular weight is 334 g/mol. The molecule has 0 spiro atoms. The van der Waals surface area contributed by atoms with Crippen molar-refractivity contribution in [2.24, 2.45) is 0 Å². The second kappa shape index (κ2) is 6.51. The summed E-state index contributed by atoms with van der Waals surface area (Å²) in [5.74, 6) is -0.361. The van der Waals surface area contributed by atoms with E-state index < -0.39 is 10.5 Å². The van der Waals surface area contributed by atoms with Crippen LogP contribution in [0.4, 0.5) is 10.5 Å². The molecule has 0 fully saturated rings. The molecule has 0 aliphatic carbocycles. The minimum atomic E-state index is -0.624. The molecule has 1 aromatic rings. The normalized spacial score (nSPS) is 18.1. The second-order valence-corrected chi connectivity index (χ2v) is 6.88. The molecule has 1 amide bonds. The molecule has 130 valence electrons. The smallest absolute Gasteiger partial charge is 0.410 e. The first-order valence-electron chi connectivity index (χ1n) is 7.75. The van der Waals surface area contributed by atoms with E-state index in [1.54, 1.807) is 11.0 Å². The third-order valence-corrected chi connectivity index (χ3v) is 3.75. The van der Waals surface area contributed by atoms with E-state index in [1.165, 1.54) is 12.1 Å². The Hall–Kier alpha value is -2.57. The van der Waals surface area contributed by atoms with Crippen molar-refractivity contribution in [2.75, 3.05) is 6.54 Å². The van der Waals surface area contributed by atoms with Gasteiger partial charge in [-0.25, -0.2) is 4.79 Å². The maximum atomic E-state index is 12.2. The zero-order valence-corrected chi connectivity index (χ0v) is 14.3. The molecule has 1 atom stereocenters. The number of nitro groups is 1. The van der Waals surface area contributed by atoms with Crippen molar-refractivity contribution in [3.63, 3.8) is 0 Å². The lowest BCUT2D eigenvalue weighted by Gasteiger charge is -2.34. The predicted octanol–water partition coefficient (Wildman–Crippen LogP) is 3.71. The summed E-state index contributed by atoms with van der Waals surface area (Å²) >= 11 is 0. The molecule has 0 radical (unpaired) electrons. The van der Waals surface area contributed by atoms with Gasteiger partial charge in [-0.1, -0.05) is 6.08 Å². The number of amides is 1. The Kier molecular flexibility index (Phi) is 4.82. The molecule has 1 unspecified atom stereocenters. The molecule has 24 heavy (non-hydrogen) atoms. The number of hydrogen-bond donors (Lipinski definition) is 1. The lowest BCUT2D eigenvalue weighted by Crippen LogP contribution is -2.44. The molecule has 1 aliphatic rings. The number of carbonyl (C=O) groups excluding carboxylic acids is 1. The zero-order chi connectivity index (χ0) is 18.1. The van der Waals surface area contributed by atoms with E-state index in [0.717, 1.165) is 5.57 Å². The van der Waals surface area contributed by atoms with Gasteiger partial charge in [-0.3, -0.25) is 10.1 Å². The van der Waals surface area contributed by atoms with E-state index in [0.29, 0.717) is 18.5 Å².